The van der Waals surface area contributed by atoms with Gasteiger partial charge in [0.1, 0.15) is 5.60 Å². The Morgan fingerprint density at radius 3 is 2.47 bits per heavy atom. The van der Waals surface area contributed by atoms with Crippen molar-refractivity contribution in [3.05, 3.63) is 0 Å². The Labute approximate surface area is 103 Å². The molecule has 0 bridgehead atoms. The Bertz CT molecular complexity index is 294. The Morgan fingerprint density at radius 1 is 1.29 bits per heavy atom. The molecule has 17 heavy (non-hydrogen) atoms. The molecule has 2 aliphatic rings. The van der Waals surface area contributed by atoms with E-state index in [-0.39, 0.29) is 18.1 Å². The lowest BCUT2D eigenvalue weighted by molar-refractivity contribution is 0.0261. The highest BCUT2D eigenvalue weighted by atomic mass is 16.6. The predicted octanol–water partition coefficient (Wildman–Crippen LogP) is 2.01. The van der Waals surface area contributed by atoms with Crippen molar-refractivity contribution in [3.63, 3.8) is 0 Å². The first kappa shape index (κ1) is 12.7. The minimum atomic E-state index is -0.440. The van der Waals surface area contributed by atoms with Crippen LogP contribution in [0, 0.1) is 11.8 Å². The van der Waals surface area contributed by atoms with E-state index in [1.807, 2.05) is 20.8 Å². The van der Waals surface area contributed by atoms with E-state index in [9.17, 15) is 9.90 Å². The van der Waals surface area contributed by atoms with Crippen LogP contribution in [0.25, 0.3) is 0 Å². The second-order valence-corrected chi connectivity index (χ2v) is 6.30. The first-order chi connectivity index (χ1) is 7.87. The van der Waals surface area contributed by atoms with Crippen molar-refractivity contribution in [3.8, 4) is 0 Å². The minimum absolute atomic E-state index is 0.220. The number of nitrogens with zero attached hydrogens (tertiary/aromatic N) is 1. The van der Waals surface area contributed by atoms with E-state index >= 15 is 0 Å². The normalized spacial score (nSPS) is 27.1. The van der Waals surface area contributed by atoms with Crippen LogP contribution >= 0.6 is 0 Å². The maximum absolute atomic E-state index is 11.8. The summed E-state index contributed by atoms with van der Waals surface area (Å²) >= 11 is 0. The molecule has 0 aromatic heterocycles. The molecule has 4 nitrogen and oxygen atoms in total. The van der Waals surface area contributed by atoms with E-state index in [2.05, 4.69) is 0 Å². The molecule has 1 saturated heterocycles. The number of amides is 1. The third-order valence-electron chi connectivity index (χ3n) is 3.46. The summed E-state index contributed by atoms with van der Waals surface area (Å²) in [6.07, 6.45) is 2.72. The fourth-order valence-electron chi connectivity index (χ4n) is 2.38. The summed E-state index contributed by atoms with van der Waals surface area (Å²) in [5, 5.41) is 10.0. The van der Waals surface area contributed by atoms with Gasteiger partial charge in [0.2, 0.25) is 0 Å². The van der Waals surface area contributed by atoms with Crippen molar-refractivity contribution < 1.29 is 14.6 Å². The lowest BCUT2D eigenvalue weighted by atomic mass is 9.98. The molecule has 1 saturated carbocycles. The summed E-state index contributed by atoms with van der Waals surface area (Å²) < 4.78 is 5.33. The van der Waals surface area contributed by atoms with Crippen molar-refractivity contribution >= 4 is 6.09 Å². The first-order valence-electron chi connectivity index (χ1n) is 6.53. The standard InChI is InChI=1S/C13H23NO3/c1-13(2,3)17-12(16)14-7-6-10(8-14)11(15)9-4-5-9/h9-11,15H,4-8H2,1-3H3/t10-,11-/m0/s1. The highest BCUT2D eigenvalue weighted by Gasteiger charge is 2.40. The van der Waals surface area contributed by atoms with E-state index in [1.54, 1.807) is 4.90 Å². The molecule has 0 spiro atoms. The molecule has 1 aliphatic carbocycles. The number of hydrogen-bond acceptors (Lipinski definition) is 3. The Balaban J connectivity index is 1.82. The highest BCUT2D eigenvalue weighted by Crippen LogP contribution is 2.38. The molecule has 1 N–H and O–H groups in total. The first-order valence-corrected chi connectivity index (χ1v) is 6.53. The van der Waals surface area contributed by atoms with Crippen LogP contribution in [-0.4, -0.2) is 40.9 Å². The molecule has 4 heteroatoms. The summed E-state index contributed by atoms with van der Waals surface area (Å²) in [4.78, 5) is 13.6. The van der Waals surface area contributed by atoms with Crippen LogP contribution in [0.5, 0.6) is 0 Å². The minimum Gasteiger partial charge on any atom is -0.444 e. The zero-order valence-corrected chi connectivity index (χ0v) is 11.0. The molecule has 2 fully saturated rings. The van der Waals surface area contributed by atoms with Crippen LogP contribution in [0.1, 0.15) is 40.0 Å². The van der Waals surface area contributed by atoms with Crippen molar-refractivity contribution in [1.82, 2.24) is 4.90 Å². The van der Waals surface area contributed by atoms with Crippen LogP contribution in [0.3, 0.4) is 0 Å². The molecular weight excluding hydrogens is 218 g/mol. The number of carbonyl (C=O) groups is 1. The van der Waals surface area contributed by atoms with Crippen LogP contribution in [0.15, 0.2) is 0 Å². The van der Waals surface area contributed by atoms with Gasteiger partial charge in [-0.15, -0.1) is 0 Å². The zero-order chi connectivity index (χ0) is 12.6. The van der Waals surface area contributed by atoms with Gasteiger partial charge in [0.15, 0.2) is 0 Å². The molecule has 0 aromatic rings. The Hall–Kier alpha value is -0.770. The summed E-state index contributed by atoms with van der Waals surface area (Å²) in [5.41, 5.74) is -0.440. The van der Waals surface area contributed by atoms with E-state index in [0.29, 0.717) is 19.0 Å². The third-order valence-corrected chi connectivity index (χ3v) is 3.46. The van der Waals surface area contributed by atoms with Gasteiger partial charge in [-0.25, -0.2) is 4.79 Å². The van der Waals surface area contributed by atoms with Crippen molar-refractivity contribution in [2.45, 2.75) is 51.7 Å². The van der Waals surface area contributed by atoms with E-state index in [1.165, 1.54) is 0 Å². The van der Waals surface area contributed by atoms with Crippen LogP contribution in [0.2, 0.25) is 0 Å². The number of carbonyl (C=O) groups excluding carboxylic acids is 1. The van der Waals surface area contributed by atoms with Gasteiger partial charge in [-0.3, -0.25) is 0 Å². The smallest absolute Gasteiger partial charge is 0.410 e. The van der Waals surface area contributed by atoms with Gasteiger partial charge in [-0.05, 0) is 46.0 Å². The van der Waals surface area contributed by atoms with Crippen LogP contribution < -0.4 is 0 Å². The Morgan fingerprint density at radius 2 is 1.94 bits per heavy atom. The van der Waals surface area contributed by atoms with Crippen LogP contribution in [-0.2, 0) is 4.74 Å². The number of aliphatic hydroxyl groups excluding tert-OH is 1. The second-order valence-electron chi connectivity index (χ2n) is 6.30. The number of hydrogen-bond donors (Lipinski definition) is 1. The van der Waals surface area contributed by atoms with E-state index in [4.69, 9.17) is 4.74 Å². The largest absolute Gasteiger partial charge is 0.444 e. The van der Waals surface area contributed by atoms with Crippen LogP contribution in [0.4, 0.5) is 4.79 Å². The molecule has 1 heterocycles. The molecule has 2 rings (SSSR count). The summed E-state index contributed by atoms with van der Waals surface area (Å²) in [6.45, 7) is 6.97. The number of likely N-dealkylation sites (tertiary alicyclic amines) is 1. The lowest BCUT2D eigenvalue weighted by Crippen LogP contribution is -2.36. The van der Waals surface area contributed by atoms with Gasteiger partial charge in [-0.1, -0.05) is 0 Å². The average Bonchev–Trinajstić information content (AvgIpc) is 2.91. The molecule has 98 valence electrons. The SMILES string of the molecule is CC(C)(C)OC(=O)N1CC[C@H]([C@@H](O)C2CC2)C1. The van der Waals surface area contributed by atoms with Gasteiger partial charge in [0.05, 0.1) is 6.10 Å². The fourth-order valence-corrected chi connectivity index (χ4v) is 2.38. The van der Waals surface area contributed by atoms with Crippen molar-refractivity contribution in [2.24, 2.45) is 11.8 Å². The van der Waals surface area contributed by atoms with Gasteiger partial charge in [0.25, 0.3) is 0 Å². The zero-order valence-electron chi connectivity index (χ0n) is 11.0. The number of aliphatic hydroxyl groups is 1. The van der Waals surface area contributed by atoms with E-state index < -0.39 is 5.60 Å². The Kier molecular flexibility index (Phi) is 3.34. The summed E-state index contributed by atoms with van der Waals surface area (Å²) in [7, 11) is 0. The quantitative estimate of drug-likeness (QED) is 0.804. The van der Waals surface area contributed by atoms with Crippen molar-refractivity contribution in [1.29, 1.82) is 0 Å². The predicted molar refractivity (Wildman–Crippen MR) is 64.6 cm³/mol. The van der Waals surface area contributed by atoms with Gasteiger partial charge < -0.3 is 14.7 Å². The molecule has 0 aromatic carbocycles. The molecule has 1 amide bonds. The third kappa shape index (κ3) is 3.35. The topological polar surface area (TPSA) is 49.8 Å². The summed E-state index contributed by atoms with van der Waals surface area (Å²) in [6, 6.07) is 0. The van der Waals surface area contributed by atoms with Gasteiger partial charge in [0, 0.05) is 19.0 Å². The molecular formula is C13H23NO3. The highest BCUT2D eigenvalue weighted by molar-refractivity contribution is 5.68. The van der Waals surface area contributed by atoms with Gasteiger partial charge >= 0.3 is 6.09 Å². The molecule has 0 unspecified atom stereocenters. The lowest BCUT2D eigenvalue weighted by Gasteiger charge is -2.25. The monoisotopic (exact) mass is 241 g/mol. The fraction of sp³-hybridized carbons (Fsp3) is 0.923. The molecule has 0 radical (unpaired) electrons. The molecule has 1 aliphatic heterocycles. The number of ether oxygens (including phenoxy) is 1. The maximum Gasteiger partial charge on any atom is 0.410 e. The maximum atomic E-state index is 11.8. The molecule has 2 atom stereocenters. The summed E-state index contributed by atoms with van der Waals surface area (Å²) in [5.74, 6) is 0.730. The van der Waals surface area contributed by atoms with E-state index in [0.717, 1.165) is 19.3 Å². The van der Waals surface area contributed by atoms with Gasteiger partial charge in [-0.2, -0.15) is 0 Å². The number of rotatable bonds is 2. The second kappa shape index (κ2) is 4.48. The average molecular weight is 241 g/mol. The van der Waals surface area contributed by atoms with Crippen molar-refractivity contribution in [2.75, 3.05) is 13.1 Å².